The van der Waals surface area contributed by atoms with Gasteiger partial charge in [0.25, 0.3) is 0 Å². The summed E-state index contributed by atoms with van der Waals surface area (Å²) in [5.41, 5.74) is -0.0943. The van der Waals surface area contributed by atoms with Crippen LogP contribution in [0.3, 0.4) is 0 Å². The molecular formula is C45H66O12. The van der Waals surface area contributed by atoms with E-state index in [9.17, 15) is 28.8 Å². The summed E-state index contributed by atoms with van der Waals surface area (Å²) in [7, 11) is 0. The second-order valence-corrected chi connectivity index (χ2v) is 17.8. The maximum atomic E-state index is 12.0. The third kappa shape index (κ3) is 11.8. The van der Waals surface area contributed by atoms with Gasteiger partial charge in [-0.15, -0.1) is 0 Å². The van der Waals surface area contributed by atoms with E-state index in [0.29, 0.717) is 41.1 Å². The predicted molar refractivity (Wildman–Crippen MR) is 211 cm³/mol. The third-order valence-electron chi connectivity index (χ3n) is 13.2. The van der Waals surface area contributed by atoms with Gasteiger partial charge in [-0.05, 0) is 153 Å². The number of carbonyl (C=O) groups is 6. The monoisotopic (exact) mass is 798 g/mol. The summed E-state index contributed by atoms with van der Waals surface area (Å²) in [6.07, 6.45) is 16.4. The first-order chi connectivity index (χ1) is 26.8. The Kier molecular flexibility index (Phi) is 15.8. The van der Waals surface area contributed by atoms with Crippen molar-refractivity contribution in [1.29, 1.82) is 0 Å². The largest absolute Gasteiger partial charge is 0.457 e. The van der Waals surface area contributed by atoms with Gasteiger partial charge in [0.05, 0.1) is 0 Å². The molecule has 318 valence electrons. The lowest BCUT2D eigenvalue weighted by atomic mass is 9.81. The molecule has 0 amide bonds. The fraction of sp³-hybridized carbons (Fsp3) is 0.733. The second kappa shape index (κ2) is 19.7. The van der Waals surface area contributed by atoms with Crippen LogP contribution in [0.2, 0.25) is 0 Å². The molecule has 0 saturated heterocycles. The fourth-order valence-electron chi connectivity index (χ4n) is 10.5. The Hall–Kier alpha value is -3.96. The third-order valence-corrected chi connectivity index (χ3v) is 13.2. The molecule has 0 spiro atoms. The molecule has 9 atom stereocenters. The van der Waals surface area contributed by atoms with Crippen LogP contribution >= 0.6 is 0 Å². The summed E-state index contributed by atoms with van der Waals surface area (Å²) in [4.78, 5) is 69.2. The molecule has 0 aromatic carbocycles. The number of esters is 6. The molecule has 12 nitrogen and oxygen atoms in total. The highest BCUT2D eigenvalue weighted by molar-refractivity contribution is 5.89. The van der Waals surface area contributed by atoms with Crippen LogP contribution in [0.15, 0.2) is 36.5 Å². The van der Waals surface area contributed by atoms with Gasteiger partial charge < -0.3 is 28.4 Å². The van der Waals surface area contributed by atoms with Crippen LogP contribution in [0.4, 0.5) is 0 Å². The van der Waals surface area contributed by atoms with Gasteiger partial charge in [-0.3, -0.25) is 0 Å². The van der Waals surface area contributed by atoms with E-state index in [4.69, 9.17) is 28.4 Å². The van der Waals surface area contributed by atoms with Crippen LogP contribution in [-0.2, 0) is 57.2 Å². The van der Waals surface area contributed by atoms with Crippen LogP contribution in [0.5, 0.6) is 0 Å². The van der Waals surface area contributed by atoms with Crippen LogP contribution in [0.25, 0.3) is 0 Å². The van der Waals surface area contributed by atoms with Crippen molar-refractivity contribution in [2.45, 2.75) is 155 Å². The molecule has 0 N–H and O–H groups in total. The molecule has 6 rings (SSSR count). The van der Waals surface area contributed by atoms with E-state index < -0.39 is 35.8 Å². The van der Waals surface area contributed by atoms with Gasteiger partial charge in [0.1, 0.15) is 16.8 Å². The zero-order valence-electron chi connectivity index (χ0n) is 35.2. The molecule has 0 radical (unpaired) electrons. The molecule has 0 aromatic heterocycles. The van der Waals surface area contributed by atoms with E-state index >= 15 is 0 Å². The average molecular weight is 799 g/mol. The minimum Gasteiger partial charge on any atom is -0.457 e. The highest BCUT2D eigenvalue weighted by Gasteiger charge is 2.54. The molecule has 6 saturated carbocycles. The summed E-state index contributed by atoms with van der Waals surface area (Å²) in [5.74, 6) is 0.600. The number of hydrogen-bond donors (Lipinski definition) is 0. The van der Waals surface area contributed by atoms with E-state index in [1.807, 2.05) is 6.92 Å². The Labute approximate surface area is 338 Å². The van der Waals surface area contributed by atoms with Gasteiger partial charge in [0.2, 0.25) is 0 Å². The molecule has 6 aliphatic carbocycles. The van der Waals surface area contributed by atoms with Crippen LogP contribution in [0, 0.1) is 35.5 Å². The minimum atomic E-state index is -0.551. The van der Waals surface area contributed by atoms with E-state index in [-0.39, 0.29) is 47.8 Å². The number of fused-ring (bicyclic) bond motifs is 6. The highest BCUT2D eigenvalue weighted by atomic mass is 16.6. The SMILES string of the molecule is C=C(C)C(=O)OCC(=O)OC1(C)CC2CCC1C2.C=C(C)C(=O)OCC(=O)OC1(CC)CC2CCC1C2.C=C(C)C(=O)OCC(=O)OC1(CCC)CC2CCC1C2. The number of hydrogen-bond acceptors (Lipinski definition) is 12. The Morgan fingerprint density at radius 1 is 0.526 bits per heavy atom. The predicted octanol–water partition coefficient (Wildman–Crippen LogP) is 7.85. The summed E-state index contributed by atoms with van der Waals surface area (Å²) >= 11 is 0. The van der Waals surface area contributed by atoms with Crippen molar-refractivity contribution in [1.82, 2.24) is 0 Å². The quantitative estimate of drug-likeness (QED) is 0.0899. The normalized spacial score (nSPS) is 32.1. The van der Waals surface area contributed by atoms with Crippen LogP contribution < -0.4 is 0 Å². The zero-order valence-corrected chi connectivity index (χ0v) is 35.2. The van der Waals surface area contributed by atoms with Gasteiger partial charge in [0, 0.05) is 16.7 Å². The van der Waals surface area contributed by atoms with E-state index in [1.54, 1.807) is 20.8 Å². The van der Waals surface area contributed by atoms with Crippen molar-refractivity contribution < 1.29 is 57.2 Å². The molecule has 0 aromatic rings. The van der Waals surface area contributed by atoms with Crippen molar-refractivity contribution in [2.75, 3.05) is 19.8 Å². The van der Waals surface area contributed by atoms with Crippen molar-refractivity contribution in [3.63, 3.8) is 0 Å². The highest BCUT2D eigenvalue weighted by Crippen LogP contribution is 2.55. The van der Waals surface area contributed by atoms with E-state index in [2.05, 4.69) is 33.6 Å². The topological polar surface area (TPSA) is 158 Å². The Balaban J connectivity index is 0.000000190. The first kappa shape index (κ1) is 45.7. The molecule has 12 heteroatoms. The van der Waals surface area contributed by atoms with Gasteiger partial charge in [-0.25, -0.2) is 28.8 Å². The summed E-state index contributed by atoms with van der Waals surface area (Å²) in [5, 5.41) is 0. The summed E-state index contributed by atoms with van der Waals surface area (Å²) in [6.45, 7) is 20.3. The maximum absolute atomic E-state index is 12.0. The lowest BCUT2D eigenvalue weighted by Crippen LogP contribution is -2.41. The Bertz CT molecular complexity index is 1560. The standard InChI is InChI=1S/C16H24O4.C15H22O4.C14H20O4/c1-4-7-16(9-12-5-6-13(16)8-12)20-14(17)10-19-15(18)11(2)3;1-4-15(8-11-5-6-12(15)7-11)19-13(16)9-18-14(17)10(2)3;1-9(2)13(16)17-8-12(15)18-14(3)7-10-4-5-11(14)6-10/h12-13H,2,4-10H2,1,3H3;11-12H,2,4-9H2,1,3H3;10-11H,1,4-8H2,2-3H3. The lowest BCUT2D eigenvalue weighted by Gasteiger charge is -2.37. The molecular weight excluding hydrogens is 732 g/mol. The molecule has 57 heavy (non-hydrogen) atoms. The van der Waals surface area contributed by atoms with Gasteiger partial charge in [0.15, 0.2) is 19.8 Å². The lowest BCUT2D eigenvalue weighted by molar-refractivity contribution is -0.175. The van der Waals surface area contributed by atoms with Crippen LogP contribution in [0.1, 0.15) is 138 Å². The molecule has 6 aliphatic rings. The maximum Gasteiger partial charge on any atom is 0.344 e. The summed E-state index contributed by atoms with van der Waals surface area (Å²) in [6, 6.07) is 0. The Morgan fingerprint density at radius 2 is 0.895 bits per heavy atom. The second-order valence-electron chi connectivity index (χ2n) is 17.8. The van der Waals surface area contributed by atoms with Crippen LogP contribution in [-0.4, -0.2) is 72.4 Å². The first-order valence-electron chi connectivity index (χ1n) is 21.0. The smallest absolute Gasteiger partial charge is 0.344 e. The van der Waals surface area contributed by atoms with Crippen molar-refractivity contribution in [3.8, 4) is 0 Å². The number of rotatable bonds is 15. The molecule has 6 fully saturated rings. The van der Waals surface area contributed by atoms with Gasteiger partial charge in [-0.2, -0.15) is 0 Å². The average Bonchev–Trinajstić information content (AvgIpc) is 4.02. The number of carbonyl (C=O) groups excluding carboxylic acids is 6. The van der Waals surface area contributed by atoms with Crippen molar-refractivity contribution in [2.24, 2.45) is 35.5 Å². The van der Waals surface area contributed by atoms with Crippen molar-refractivity contribution >= 4 is 35.8 Å². The minimum absolute atomic E-state index is 0.286. The van der Waals surface area contributed by atoms with E-state index in [1.165, 1.54) is 32.1 Å². The van der Waals surface area contributed by atoms with Gasteiger partial charge in [-0.1, -0.05) is 40.0 Å². The summed E-state index contributed by atoms with van der Waals surface area (Å²) < 4.78 is 31.4. The molecule has 6 bridgehead atoms. The van der Waals surface area contributed by atoms with E-state index in [0.717, 1.165) is 64.2 Å². The molecule has 9 unspecified atom stereocenters. The first-order valence-corrected chi connectivity index (χ1v) is 21.0. The van der Waals surface area contributed by atoms with Crippen molar-refractivity contribution in [3.05, 3.63) is 36.5 Å². The van der Waals surface area contributed by atoms with Gasteiger partial charge >= 0.3 is 35.8 Å². The zero-order chi connectivity index (χ0) is 42.1. The number of ether oxygens (including phenoxy) is 6. The fourth-order valence-corrected chi connectivity index (χ4v) is 10.5. The molecule has 0 heterocycles. The Morgan fingerprint density at radius 3 is 1.21 bits per heavy atom. The molecule has 0 aliphatic heterocycles.